The molecule has 0 aromatic heterocycles. The standard InChI is InChI=1S/C16H21N/c1-4-11-17(12-5-2)13-10-16-9-7-8-15(6-3)14-16/h4-9,14H,1-3,10-13H2. The molecule has 17 heavy (non-hydrogen) atoms. The normalized spacial score (nSPS) is 10.2. The lowest BCUT2D eigenvalue weighted by Crippen LogP contribution is -2.26. The van der Waals surface area contributed by atoms with Gasteiger partial charge in [0.15, 0.2) is 0 Å². The van der Waals surface area contributed by atoms with Crippen LogP contribution in [0, 0.1) is 0 Å². The lowest BCUT2D eigenvalue weighted by atomic mass is 10.1. The molecule has 0 atom stereocenters. The molecule has 1 nitrogen and oxygen atoms in total. The van der Waals surface area contributed by atoms with Crippen LogP contribution < -0.4 is 0 Å². The van der Waals surface area contributed by atoms with Gasteiger partial charge in [-0.05, 0) is 17.5 Å². The topological polar surface area (TPSA) is 3.24 Å². The third-order valence-corrected chi connectivity index (χ3v) is 2.68. The van der Waals surface area contributed by atoms with Gasteiger partial charge >= 0.3 is 0 Å². The second-order valence-corrected chi connectivity index (χ2v) is 4.04. The summed E-state index contributed by atoms with van der Waals surface area (Å²) in [6, 6.07) is 8.50. The first kappa shape index (κ1) is 13.5. The third-order valence-electron chi connectivity index (χ3n) is 2.68. The molecule has 0 aliphatic carbocycles. The first-order valence-electron chi connectivity index (χ1n) is 5.95. The molecule has 0 radical (unpaired) electrons. The van der Waals surface area contributed by atoms with E-state index in [1.54, 1.807) is 0 Å². The summed E-state index contributed by atoms with van der Waals surface area (Å²) in [5.41, 5.74) is 2.53. The van der Waals surface area contributed by atoms with Crippen LogP contribution in [-0.2, 0) is 6.42 Å². The molecule has 0 bridgehead atoms. The van der Waals surface area contributed by atoms with Gasteiger partial charge in [0.25, 0.3) is 0 Å². The minimum atomic E-state index is 0.910. The van der Waals surface area contributed by atoms with Crippen LogP contribution in [0.15, 0.2) is 56.2 Å². The Balaban J connectivity index is 2.54. The van der Waals surface area contributed by atoms with Crippen LogP contribution in [0.5, 0.6) is 0 Å². The lowest BCUT2D eigenvalue weighted by Gasteiger charge is -2.18. The van der Waals surface area contributed by atoms with Crippen molar-refractivity contribution >= 4 is 6.08 Å². The minimum absolute atomic E-state index is 0.910. The second kappa shape index (κ2) is 7.64. The summed E-state index contributed by atoms with van der Waals surface area (Å²) in [5.74, 6) is 0. The molecule has 0 aliphatic heterocycles. The van der Waals surface area contributed by atoms with E-state index in [-0.39, 0.29) is 0 Å². The van der Waals surface area contributed by atoms with Crippen molar-refractivity contribution in [2.45, 2.75) is 6.42 Å². The molecular weight excluding hydrogens is 206 g/mol. The van der Waals surface area contributed by atoms with Crippen LogP contribution in [0.1, 0.15) is 11.1 Å². The summed E-state index contributed by atoms with van der Waals surface area (Å²) in [5, 5.41) is 0. The van der Waals surface area contributed by atoms with Crippen molar-refractivity contribution in [2.24, 2.45) is 0 Å². The predicted octanol–water partition coefficient (Wildman–Crippen LogP) is 3.55. The molecule has 0 amide bonds. The number of hydrogen-bond acceptors (Lipinski definition) is 1. The Morgan fingerprint density at radius 1 is 1.06 bits per heavy atom. The Bertz CT molecular complexity index is 369. The highest BCUT2D eigenvalue weighted by atomic mass is 15.1. The summed E-state index contributed by atoms with van der Waals surface area (Å²) in [4.78, 5) is 2.32. The van der Waals surface area contributed by atoms with E-state index in [0.29, 0.717) is 0 Å². The van der Waals surface area contributed by atoms with E-state index in [0.717, 1.165) is 26.1 Å². The molecule has 0 saturated carbocycles. The average molecular weight is 227 g/mol. The number of benzene rings is 1. The van der Waals surface area contributed by atoms with Crippen LogP contribution in [0.25, 0.3) is 6.08 Å². The molecular formula is C16H21N. The van der Waals surface area contributed by atoms with Crippen molar-refractivity contribution in [1.29, 1.82) is 0 Å². The fourth-order valence-electron chi connectivity index (χ4n) is 1.79. The minimum Gasteiger partial charge on any atom is -0.296 e. The third kappa shape index (κ3) is 4.83. The van der Waals surface area contributed by atoms with Crippen molar-refractivity contribution in [3.8, 4) is 0 Å². The van der Waals surface area contributed by atoms with E-state index in [2.05, 4.69) is 48.9 Å². The van der Waals surface area contributed by atoms with Crippen molar-refractivity contribution in [3.63, 3.8) is 0 Å². The van der Waals surface area contributed by atoms with E-state index in [1.165, 1.54) is 11.1 Å². The zero-order valence-corrected chi connectivity index (χ0v) is 10.4. The molecule has 0 saturated heterocycles. The molecule has 1 aromatic rings. The van der Waals surface area contributed by atoms with Crippen LogP contribution in [-0.4, -0.2) is 24.5 Å². The SMILES string of the molecule is C=CCN(CC=C)CCc1cccc(C=C)c1. The van der Waals surface area contributed by atoms with Gasteiger partial charge < -0.3 is 0 Å². The molecule has 0 aliphatic rings. The molecule has 0 fully saturated rings. The number of nitrogens with zero attached hydrogens (tertiary/aromatic N) is 1. The lowest BCUT2D eigenvalue weighted by molar-refractivity contribution is 0.340. The smallest absolute Gasteiger partial charge is 0.0164 e. The summed E-state index contributed by atoms with van der Waals surface area (Å²) < 4.78 is 0. The van der Waals surface area contributed by atoms with Crippen LogP contribution in [0.2, 0.25) is 0 Å². The highest BCUT2D eigenvalue weighted by molar-refractivity contribution is 5.47. The maximum Gasteiger partial charge on any atom is 0.0164 e. The van der Waals surface area contributed by atoms with Gasteiger partial charge in [0.2, 0.25) is 0 Å². The fraction of sp³-hybridized carbons (Fsp3) is 0.250. The van der Waals surface area contributed by atoms with Gasteiger partial charge in [-0.15, -0.1) is 13.2 Å². The van der Waals surface area contributed by atoms with E-state index in [9.17, 15) is 0 Å². The number of rotatable bonds is 8. The summed E-state index contributed by atoms with van der Waals surface area (Å²) in [6.45, 7) is 14.2. The molecule has 1 heteroatoms. The monoisotopic (exact) mass is 227 g/mol. The Kier molecular flexibility index (Phi) is 6.05. The highest BCUT2D eigenvalue weighted by Crippen LogP contribution is 2.07. The predicted molar refractivity (Wildman–Crippen MR) is 77.1 cm³/mol. The van der Waals surface area contributed by atoms with Crippen molar-refractivity contribution in [2.75, 3.05) is 19.6 Å². The molecule has 1 rings (SSSR count). The first-order valence-corrected chi connectivity index (χ1v) is 5.95. The van der Waals surface area contributed by atoms with Crippen molar-refractivity contribution in [1.82, 2.24) is 4.90 Å². The van der Waals surface area contributed by atoms with E-state index >= 15 is 0 Å². The Morgan fingerprint density at radius 3 is 2.35 bits per heavy atom. The molecule has 0 N–H and O–H groups in total. The van der Waals surface area contributed by atoms with Gasteiger partial charge in [-0.25, -0.2) is 0 Å². The summed E-state index contributed by atoms with van der Waals surface area (Å²) >= 11 is 0. The largest absolute Gasteiger partial charge is 0.296 e. The second-order valence-electron chi connectivity index (χ2n) is 4.04. The number of hydrogen-bond donors (Lipinski definition) is 0. The van der Waals surface area contributed by atoms with Gasteiger partial charge in [0.1, 0.15) is 0 Å². The molecule has 1 aromatic carbocycles. The first-order chi connectivity index (χ1) is 8.30. The maximum atomic E-state index is 3.79. The van der Waals surface area contributed by atoms with Crippen LogP contribution in [0.3, 0.4) is 0 Å². The molecule has 0 heterocycles. The zero-order valence-electron chi connectivity index (χ0n) is 10.4. The molecule has 0 unspecified atom stereocenters. The van der Waals surface area contributed by atoms with E-state index < -0.39 is 0 Å². The van der Waals surface area contributed by atoms with Gasteiger partial charge in [-0.3, -0.25) is 4.90 Å². The summed E-state index contributed by atoms with van der Waals surface area (Å²) in [7, 11) is 0. The van der Waals surface area contributed by atoms with Gasteiger partial charge in [-0.2, -0.15) is 0 Å². The maximum absolute atomic E-state index is 3.79. The zero-order chi connectivity index (χ0) is 12.5. The van der Waals surface area contributed by atoms with Crippen molar-refractivity contribution in [3.05, 3.63) is 67.3 Å². The quantitative estimate of drug-likeness (QED) is 0.614. The molecule has 90 valence electrons. The average Bonchev–Trinajstić information content (AvgIpc) is 2.37. The molecule has 0 spiro atoms. The van der Waals surface area contributed by atoms with Crippen LogP contribution >= 0.6 is 0 Å². The van der Waals surface area contributed by atoms with E-state index in [4.69, 9.17) is 0 Å². The van der Waals surface area contributed by atoms with Crippen molar-refractivity contribution < 1.29 is 0 Å². The Morgan fingerprint density at radius 2 is 1.76 bits per heavy atom. The van der Waals surface area contributed by atoms with Crippen LogP contribution in [0.4, 0.5) is 0 Å². The Hall–Kier alpha value is -1.60. The Labute approximate surface area is 105 Å². The van der Waals surface area contributed by atoms with Gasteiger partial charge in [-0.1, -0.05) is 49.1 Å². The summed E-state index contributed by atoms with van der Waals surface area (Å²) in [6.07, 6.45) is 6.80. The van der Waals surface area contributed by atoms with Gasteiger partial charge in [0.05, 0.1) is 0 Å². The highest BCUT2D eigenvalue weighted by Gasteiger charge is 2.01. The van der Waals surface area contributed by atoms with E-state index in [1.807, 2.05) is 18.2 Å². The van der Waals surface area contributed by atoms with Gasteiger partial charge in [0, 0.05) is 19.6 Å². The fourth-order valence-corrected chi connectivity index (χ4v) is 1.79.